The highest BCUT2D eigenvalue weighted by molar-refractivity contribution is 7.47. The van der Waals surface area contributed by atoms with Gasteiger partial charge >= 0.3 is 7.82 Å². The van der Waals surface area contributed by atoms with Gasteiger partial charge in [0.05, 0.1) is 39.9 Å². The van der Waals surface area contributed by atoms with E-state index in [1.165, 1.54) is 199 Å². The zero-order chi connectivity index (χ0) is 58.4. The van der Waals surface area contributed by atoms with E-state index >= 15 is 0 Å². The maximum atomic E-state index is 13.0. The van der Waals surface area contributed by atoms with Crippen molar-refractivity contribution in [1.82, 2.24) is 5.32 Å². The number of phosphoric ester groups is 1. The molecule has 8 nitrogen and oxygen atoms in total. The lowest BCUT2D eigenvalue weighted by atomic mass is 10.0. The Kier molecular flexibility index (Phi) is 59.0. The van der Waals surface area contributed by atoms with Crippen molar-refractivity contribution in [3.05, 3.63) is 97.2 Å². The van der Waals surface area contributed by atoms with Crippen LogP contribution in [0.1, 0.15) is 296 Å². The number of unbranched alkanes of at least 4 members (excludes halogenated alkanes) is 34. The van der Waals surface area contributed by atoms with Crippen LogP contribution in [0.5, 0.6) is 0 Å². The van der Waals surface area contributed by atoms with Gasteiger partial charge in [-0.2, -0.15) is 0 Å². The van der Waals surface area contributed by atoms with Crippen molar-refractivity contribution in [3.63, 3.8) is 0 Å². The second-order valence-electron chi connectivity index (χ2n) is 23.8. The van der Waals surface area contributed by atoms with Gasteiger partial charge in [-0.15, -0.1) is 0 Å². The molecule has 0 aliphatic rings. The molecule has 0 fully saturated rings. The van der Waals surface area contributed by atoms with Gasteiger partial charge < -0.3 is 19.8 Å². The summed E-state index contributed by atoms with van der Waals surface area (Å²) in [6, 6.07) is -0.866. The van der Waals surface area contributed by atoms with Gasteiger partial charge in [-0.25, -0.2) is 4.57 Å². The Balaban J connectivity index is 3.96. The van der Waals surface area contributed by atoms with Crippen molar-refractivity contribution >= 4 is 13.7 Å². The standard InChI is InChI=1S/C71H129N2O6P/c1-6-8-10-12-14-16-18-20-22-24-25-26-27-28-29-30-31-32-33-34-35-36-37-38-39-40-41-42-43-44-45-46-47-49-51-53-55-57-59-61-63-65-71(75)72-69(68-79-80(76,77)78-67-66-73(3,4)5)70(74)64-62-60-58-56-54-52-50-48-23-21-19-17-15-13-11-9-7-2/h8,10,14,16,20,22,25-26,28-29,31-32,54,56,62,64,69-70,74H,6-7,9,11-13,15,17-19,21,23-24,27,30,33-53,55,57-61,63,65-68H2,1-5H3,(H-,72,75,76,77)/p+1/b10-8-,16-14-,22-20-,26-25-,29-28-,32-31-,56-54+,64-62+. The average Bonchev–Trinajstić information content (AvgIpc) is 3.42. The third kappa shape index (κ3) is 63.0. The zero-order valence-electron chi connectivity index (χ0n) is 53.0. The molecule has 0 saturated heterocycles. The third-order valence-electron chi connectivity index (χ3n) is 14.8. The number of rotatable bonds is 61. The number of allylic oxidation sites excluding steroid dienone is 15. The number of nitrogens with zero attached hydrogens (tertiary/aromatic N) is 1. The fraction of sp³-hybridized carbons (Fsp3) is 0.761. The molecule has 0 aliphatic heterocycles. The molecule has 0 spiro atoms. The number of hydrogen-bond acceptors (Lipinski definition) is 5. The molecule has 0 aliphatic carbocycles. The Morgan fingerprint density at radius 1 is 0.438 bits per heavy atom. The van der Waals surface area contributed by atoms with E-state index in [2.05, 4.69) is 104 Å². The zero-order valence-corrected chi connectivity index (χ0v) is 53.9. The van der Waals surface area contributed by atoms with Crippen LogP contribution in [0.4, 0.5) is 0 Å². The monoisotopic (exact) mass is 1140 g/mol. The van der Waals surface area contributed by atoms with Crippen LogP contribution in [0.3, 0.4) is 0 Å². The molecule has 3 N–H and O–H groups in total. The van der Waals surface area contributed by atoms with Crippen LogP contribution >= 0.6 is 7.82 Å². The number of aliphatic hydroxyl groups is 1. The Hall–Kier alpha value is -2.58. The summed E-state index contributed by atoms with van der Waals surface area (Å²) in [6.07, 6.45) is 88.4. The average molecular weight is 1140 g/mol. The first-order valence-electron chi connectivity index (χ1n) is 33.6. The highest BCUT2D eigenvalue weighted by Gasteiger charge is 2.28. The lowest BCUT2D eigenvalue weighted by Gasteiger charge is -2.25. The van der Waals surface area contributed by atoms with Gasteiger partial charge in [-0.1, -0.05) is 304 Å². The molecule has 0 heterocycles. The summed E-state index contributed by atoms with van der Waals surface area (Å²) in [5.74, 6) is -0.184. The van der Waals surface area contributed by atoms with E-state index in [0.717, 1.165) is 77.0 Å². The first-order chi connectivity index (χ1) is 39.0. The number of carbonyl (C=O) groups is 1. The molecular weight excluding hydrogens is 1010 g/mol. The Labute approximate surface area is 496 Å². The van der Waals surface area contributed by atoms with Gasteiger partial charge in [-0.3, -0.25) is 13.8 Å². The minimum Gasteiger partial charge on any atom is -0.387 e. The van der Waals surface area contributed by atoms with Gasteiger partial charge in [0.1, 0.15) is 13.2 Å². The summed E-state index contributed by atoms with van der Waals surface area (Å²) in [5, 5.41) is 13.9. The van der Waals surface area contributed by atoms with Crippen LogP contribution in [0.15, 0.2) is 97.2 Å². The number of nitrogens with one attached hydrogen (secondary N) is 1. The second kappa shape index (κ2) is 61.0. The van der Waals surface area contributed by atoms with Crippen LogP contribution in [-0.4, -0.2) is 73.4 Å². The van der Waals surface area contributed by atoms with Gasteiger partial charge in [0, 0.05) is 6.42 Å². The maximum Gasteiger partial charge on any atom is 0.472 e. The van der Waals surface area contributed by atoms with Crippen LogP contribution in [0, 0.1) is 0 Å². The van der Waals surface area contributed by atoms with E-state index in [-0.39, 0.29) is 19.1 Å². The fourth-order valence-electron chi connectivity index (χ4n) is 9.59. The van der Waals surface area contributed by atoms with E-state index in [0.29, 0.717) is 17.4 Å². The van der Waals surface area contributed by atoms with E-state index in [1.807, 2.05) is 27.2 Å². The molecule has 3 unspecified atom stereocenters. The van der Waals surface area contributed by atoms with Crippen molar-refractivity contribution in [2.75, 3.05) is 40.9 Å². The maximum absolute atomic E-state index is 13.0. The SMILES string of the molecule is CC/C=C\C/C=C\C/C=C\C/C=C\C/C=C\C/C=C\CCCCCCCCCCCCCCCCCCCCCCCCC(=O)NC(COP(=O)(O)OCC[N+](C)(C)C)C(O)/C=C/CC/C=C/CCCCCCCCCCCCC. The molecule has 80 heavy (non-hydrogen) atoms. The number of quaternary nitrogens is 1. The summed E-state index contributed by atoms with van der Waals surface area (Å²) in [7, 11) is 1.56. The molecule has 0 aromatic rings. The van der Waals surface area contributed by atoms with Gasteiger partial charge in [-0.05, 0) is 83.5 Å². The van der Waals surface area contributed by atoms with Crippen LogP contribution in [0.2, 0.25) is 0 Å². The number of carbonyl (C=O) groups excluding carboxylic acids is 1. The smallest absolute Gasteiger partial charge is 0.387 e. The van der Waals surface area contributed by atoms with Gasteiger partial charge in [0.15, 0.2) is 0 Å². The van der Waals surface area contributed by atoms with Crippen molar-refractivity contribution in [2.45, 2.75) is 309 Å². The highest BCUT2D eigenvalue weighted by Crippen LogP contribution is 2.43. The summed E-state index contributed by atoms with van der Waals surface area (Å²) in [5.41, 5.74) is 0. The van der Waals surface area contributed by atoms with Crippen LogP contribution < -0.4 is 5.32 Å². The molecule has 0 rings (SSSR count). The molecule has 3 atom stereocenters. The molecule has 0 bridgehead atoms. The predicted octanol–water partition coefficient (Wildman–Crippen LogP) is 21.3. The molecule has 0 aromatic heterocycles. The van der Waals surface area contributed by atoms with Gasteiger partial charge in [0.25, 0.3) is 0 Å². The quantitative estimate of drug-likeness (QED) is 0.0243. The largest absolute Gasteiger partial charge is 0.472 e. The summed E-state index contributed by atoms with van der Waals surface area (Å²) in [4.78, 5) is 23.3. The van der Waals surface area contributed by atoms with E-state index in [9.17, 15) is 19.4 Å². The van der Waals surface area contributed by atoms with E-state index in [1.54, 1.807) is 6.08 Å². The molecule has 1 amide bonds. The minimum absolute atomic E-state index is 0.0551. The molecule has 464 valence electrons. The number of phosphoric acid groups is 1. The normalized spacial score (nSPS) is 14.3. The number of amides is 1. The second-order valence-corrected chi connectivity index (χ2v) is 25.3. The summed E-state index contributed by atoms with van der Waals surface area (Å²) < 4.78 is 23.7. The fourth-order valence-corrected chi connectivity index (χ4v) is 10.3. The van der Waals surface area contributed by atoms with Crippen LogP contribution in [-0.2, 0) is 18.4 Å². The third-order valence-corrected chi connectivity index (χ3v) is 15.8. The minimum atomic E-state index is -4.36. The molecule has 0 saturated carbocycles. The Morgan fingerprint density at radius 2 is 0.762 bits per heavy atom. The van der Waals surface area contributed by atoms with Crippen molar-refractivity contribution in [2.24, 2.45) is 0 Å². The van der Waals surface area contributed by atoms with E-state index < -0.39 is 20.0 Å². The number of aliphatic hydroxyl groups excluding tert-OH is 1. The lowest BCUT2D eigenvalue weighted by Crippen LogP contribution is -2.45. The van der Waals surface area contributed by atoms with E-state index in [4.69, 9.17) is 9.05 Å². The summed E-state index contributed by atoms with van der Waals surface area (Å²) >= 11 is 0. The summed E-state index contributed by atoms with van der Waals surface area (Å²) in [6.45, 7) is 4.70. The Morgan fingerprint density at radius 3 is 1.15 bits per heavy atom. The first-order valence-corrected chi connectivity index (χ1v) is 35.1. The van der Waals surface area contributed by atoms with Crippen molar-refractivity contribution in [3.8, 4) is 0 Å². The lowest BCUT2D eigenvalue weighted by molar-refractivity contribution is -0.870. The van der Waals surface area contributed by atoms with Gasteiger partial charge in [0.2, 0.25) is 5.91 Å². The predicted molar refractivity (Wildman–Crippen MR) is 350 cm³/mol. The van der Waals surface area contributed by atoms with Crippen molar-refractivity contribution in [1.29, 1.82) is 0 Å². The first kappa shape index (κ1) is 77.4. The van der Waals surface area contributed by atoms with Crippen LogP contribution in [0.25, 0.3) is 0 Å². The molecular formula is C71H130N2O6P+. The van der Waals surface area contributed by atoms with Crippen molar-refractivity contribution < 1.29 is 32.9 Å². The number of hydrogen-bond donors (Lipinski definition) is 3. The highest BCUT2D eigenvalue weighted by atomic mass is 31.2. The number of likely N-dealkylation sites (N-methyl/N-ethyl adjacent to an activating group) is 1. The molecule has 0 radical (unpaired) electrons. The molecule has 9 heteroatoms. The molecule has 0 aromatic carbocycles. The Bertz CT molecular complexity index is 1620. The topological polar surface area (TPSA) is 105 Å².